The van der Waals surface area contributed by atoms with E-state index in [4.69, 9.17) is 4.74 Å². The van der Waals surface area contributed by atoms with E-state index in [1.165, 1.54) is 4.90 Å². The Labute approximate surface area is 210 Å². The summed E-state index contributed by atoms with van der Waals surface area (Å²) in [5.74, 6) is -1.63. The Bertz CT molecular complexity index is 1080. The average molecular weight is 531 g/mol. The third-order valence-corrected chi connectivity index (χ3v) is 5.94. The van der Waals surface area contributed by atoms with Gasteiger partial charge in [-0.25, -0.2) is 4.79 Å². The minimum absolute atomic E-state index is 0.0448. The smallest absolute Gasteiger partial charge is 0.416 e. The van der Waals surface area contributed by atoms with Crippen molar-refractivity contribution in [2.24, 2.45) is 5.92 Å². The van der Waals surface area contributed by atoms with Gasteiger partial charge < -0.3 is 15.0 Å². The molecule has 5 nitrogen and oxygen atoms in total. The molecule has 1 aliphatic heterocycles. The first-order valence-corrected chi connectivity index (χ1v) is 11.6. The summed E-state index contributed by atoms with van der Waals surface area (Å²) in [5.41, 5.74) is -3.15. The van der Waals surface area contributed by atoms with Gasteiger partial charge in [-0.1, -0.05) is 30.3 Å². The van der Waals surface area contributed by atoms with E-state index < -0.39 is 59.5 Å². The highest BCUT2D eigenvalue weighted by Gasteiger charge is 2.39. The Hall–Kier alpha value is -3.24. The molecule has 2 aromatic carbocycles. The Morgan fingerprint density at radius 1 is 0.946 bits per heavy atom. The van der Waals surface area contributed by atoms with Crippen molar-refractivity contribution in [3.8, 4) is 0 Å². The molecule has 0 unspecified atom stereocenters. The molecule has 1 heterocycles. The lowest BCUT2D eigenvalue weighted by molar-refractivity contribution is -0.143. The maximum absolute atomic E-state index is 13.2. The summed E-state index contributed by atoms with van der Waals surface area (Å²) in [7, 11) is 0. The molecule has 2 atom stereocenters. The first-order chi connectivity index (χ1) is 17.0. The van der Waals surface area contributed by atoms with Crippen molar-refractivity contribution in [3.05, 3.63) is 70.8 Å². The first kappa shape index (κ1) is 28.3. The van der Waals surface area contributed by atoms with Crippen molar-refractivity contribution in [2.75, 3.05) is 13.1 Å². The molecule has 0 bridgehead atoms. The fourth-order valence-electron chi connectivity index (χ4n) is 4.24. The highest BCUT2D eigenvalue weighted by Crippen LogP contribution is 2.37. The number of amides is 2. The van der Waals surface area contributed by atoms with Crippen LogP contribution in [0.2, 0.25) is 0 Å². The minimum Gasteiger partial charge on any atom is -0.444 e. The summed E-state index contributed by atoms with van der Waals surface area (Å²) in [6.07, 6.45) is -10.3. The zero-order valence-corrected chi connectivity index (χ0v) is 20.5. The largest absolute Gasteiger partial charge is 0.444 e. The van der Waals surface area contributed by atoms with E-state index in [2.05, 4.69) is 5.32 Å². The quantitative estimate of drug-likeness (QED) is 0.467. The highest BCUT2D eigenvalue weighted by atomic mass is 19.4. The van der Waals surface area contributed by atoms with Gasteiger partial charge in [-0.05, 0) is 56.5 Å². The van der Waals surface area contributed by atoms with Crippen LogP contribution in [0.15, 0.2) is 48.5 Å². The monoisotopic (exact) mass is 530 g/mol. The van der Waals surface area contributed by atoms with Crippen molar-refractivity contribution in [2.45, 2.75) is 57.6 Å². The van der Waals surface area contributed by atoms with Crippen LogP contribution in [0.5, 0.6) is 0 Å². The molecule has 1 fully saturated rings. The lowest BCUT2D eigenvalue weighted by atomic mass is 9.80. The molecular formula is C26H28F6N2O3. The van der Waals surface area contributed by atoms with Crippen LogP contribution < -0.4 is 5.32 Å². The van der Waals surface area contributed by atoms with Gasteiger partial charge in [0.1, 0.15) is 5.60 Å². The van der Waals surface area contributed by atoms with Crippen molar-refractivity contribution < 1.29 is 40.7 Å². The van der Waals surface area contributed by atoms with Crippen molar-refractivity contribution in [1.29, 1.82) is 0 Å². The van der Waals surface area contributed by atoms with Crippen LogP contribution in [0.1, 0.15) is 55.4 Å². The summed E-state index contributed by atoms with van der Waals surface area (Å²) in [5, 5.41) is 2.50. The molecule has 0 radical (unpaired) electrons. The summed E-state index contributed by atoms with van der Waals surface area (Å²) >= 11 is 0. The molecule has 1 aliphatic rings. The standard InChI is InChI=1S/C26H28F6N2O3/c1-24(2,3)37-23(36)34-10-9-20(21(15-34)17-7-5-4-6-8-17)22(35)33-14-16-11-18(25(27,28)29)13-19(12-16)26(30,31)32/h4-8,11-13,20-21H,9-10,14-15H2,1-3H3,(H,33,35)/t20-,21+/m1/s1. The van der Waals surface area contributed by atoms with E-state index in [0.29, 0.717) is 12.1 Å². The molecule has 0 spiro atoms. The van der Waals surface area contributed by atoms with Gasteiger partial charge in [-0.3, -0.25) is 4.79 Å². The molecule has 2 amide bonds. The number of benzene rings is 2. The van der Waals surface area contributed by atoms with Gasteiger partial charge in [-0.15, -0.1) is 0 Å². The van der Waals surface area contributed by atoms with Crippen LogP contribution >= 0.6 is 0 Å². The highest BCUT2D eigenvalue weighted by molar-refractivity contribution is 5.80. The van der Waals surface area contributed by atoms with Crippen LogP contribution in [0, 0.1) is 5.92 Å². The SMILES string of the molecule is CC(C)(C)OC(=O)N1CC[C@@H](C(=O)NCc2cc(C(F)(F)F)cc(C(F)(F)F)c2)[C@H](c2ccccc2)C1. The number of likely N-dealkylation sites (tertiary alicyclic amines) is 1. The number of rotatable bonds is 4. The van der Waals surface area contributed by atoms with Crippen molar-refractivity contribution >= 4 is 12.0 Å². The molecular weight excluding hydrogens is 502 g/mol. The van der Waals surface area contributed by atoms with Crippen LogP contribution in [-0.4, -0.2) is 35.6 Å². The van der Waals surface area contributed by atoms with Gasteiger partial charge in [0.25, 0.3) is 0 Å². The van der Waals surface area contributed by atoms with E-state index in [1.54, 1.807) is 51.1 Å². The normalized spacial score (nSPS) is 18.9. The van der Waals surface area contributed by atoms with Gasteiger partial charge in [0.05, 0.1) is 11.1 Å². The molecule has 0 saturated carbocycles. The summed E-state index contributed by atoms with van der Waals surface area (Å²) in [6.45, 7) is 5.06. The number of hydrogen-bond acceptors (Lipinski definition) is 3. The van der Waals surface area contributed by atoms with Gasteiger partial charge in [0.15, 0.2) is 0 Å². The molecule has 202 valence electrons. The number of halogens is 6. The number of piperidine rings is 1. The predicted molar refractivity (Wildman–Crippen MR) is 123 cm³/mol. The predicted octanol–water partition coefficient (Wildman–Crippen LogP) is 6.38. The fraction of sp³-hybridized carbons (Fsp3) is 0.462. The zero-order valence-electron chi connectivity index (χ0n) is 20.5. The van der Waals surface area contributed by atoms with E-state index >= 15 is 0 Å². The maximum Gasteiger partial charge on any atom is 0.416 e. The lowest BCUT2D eigenvalue weighted by Gasteiger charge is -2.38. The molecule has 11 heteroatoms. The third-order valence-electron chi connectivity index (χ3n) is 5.94. The number of carbonyl (C=O) groups is 2. The third kappa shape index (κ3) is 7.62. The van der Waals surface area contributed by atoms with E-state index in [0.717, 1.165) is 5.56 Å². The fourth-order valence-corrected chi connectivity index (χ4v) is 4.24. The summed E-state index contributed by atoms with van der Waals surface area (Å²) in [4.78, 5) is 27.3. The van der Waals surface area contributed by atoms with E-state index in [9.17, 15) is 35.9 Å². The van der Waals surface area contributed by atoms with E-state index in [1.807, 2.05) is 0 Å². The lowest BCUT2D eigenvalue weighted by Crippen LogP contribution is -2.48. The van der Waals surface area contributed by atoms with Crippen LogP contribution in [0.3, 0.4) is 0 Å². The second-order valence-electron chi connectivity index (χ2n) is 9.97. The first-order valence-electron chi connectivity index (χ1n) is 11.6. The topological polar surface area (TPSA) is 58.6 Å². The Morgan fingerprint density at radius 3 is 2.03 bits per heavy atom. The van der Waals surface area contributed by atoms with Gasteiger partial charge in [0.2, 0.25) is 5.91 Å². The molecule has 2 aromatic rings. The number of ether oxygens (including phenoxy) is 1. The number of alkyl halides is 6. The second-order valence-corrected chi connectivity index (χ2v) is 9.97. The van der Waals surface area contributed by atoms with Crippen LogP contribution in [0.4, 0.5) is 31.1 Å². The molecule has 0 aromatic heterocycles. The van der Waals surface area contributed by atoms with Crippen molar-refractivity contribution in [3.63, 3.8) is 0 Å². The van der Waals surface area contributed by atoms with E-state index in [-0.39, 0.29) is 31.1 Å². The Morgan fingerprint density at radius 2 is 1.51 bits per heavy atom. The Kier molecular flexibility index (Phi) is 8.14. The number of nitrogens with zero attached hydrogens (tertiary/aromatic N) is 1. The zero-order chi connectivity index (χ0) is 27.6. The molecule has 37 heavy (non-hydrogen) atoms. The molecule has 1 N–H and O–H groups in total. The van der Waals surface area contributed by atoms with Crippen LogP contribution in [0.25, 0.3) is 0 Å². The van der Waals surface area contributed by atoms with Crippen molar-refractivity contribution in [1.82, 2.24) is 10.2 Å². The number of nitrogens with one attached hydrogen (secondary N) is 1. The van der Waals surface area contributed by atoms with Gasteiger partial charge in [-0.2, -0.15) is 26.3 Å². The van der Waals surface area contributed by atoms with Crippen LogP contribution in [-0.2, 0) is 28.4 Å². The summed E-state index contributed by atoms with van der Waals surface area (Å²) in [6, 6.07) is 10.2. The molecule has 1 saturated heterocycles. The number of hydrogen-bond donors (Lipinski definition) is 1. The van der Waals surface area contributed by atoms with Gasteiger partial charge >= 0.3 is 18.4 Å². The summed E-state index contributed by atoms with van der Waals surface area (Å²) < 4.78 is 84.5. The second kappa shape index (κ2) is 10.6. The minimum atomic E-state index is -4.98. The maximum atomic E-state index is 13.2. The average Bonchev–Trinajstić information content (AvgIpc) is 2.80. The van der Waals surface area contributed by atoms with Gasteiger partial charge in [0, 0.05) is 31.5 Å². The Balaban J connectivity index is 1.80. The molecule has 0 aliphatic carbocycles. The molecule has 3 rings (SSSR count). The number of carbonyl (C=O) groups excluding carboxylic acids is 2.